The van der Waals surface area contributed by atoms with Gasteiger partial charge in [-0.3, -0.25) is 14.6 Å². The van der Waals surface area contributed by atoms with E-state index in [0.29, 0.717) is 18.3 Å². The number of nitrogens with zero attached hydrogens (tertiary/aromatic N) is 4. The minimum Gasteiger partial charge on any atom is -0.369 e. The Morgan fingerprint density at radius 3 is 2.54 bits per heavy atom. The molecule has 0 aliphatic carbocycles. The van der Waals surface area contributed by atoms with Crippen LogP contribution < -0.4 is 5.73 Å². The normalized spacial score (nSPS) is 17.8. The summed E-state index contributed by atoms with van der Waals surface area (Å²) >= 11 is 0. The van der Waals surface area contributed by atoms with Gasteiger partial charge in [0.15, 0.2) is 0 Å². The van der Waals surface area contributed by atoms with Gasteiger partial charge in [0.25, 0.3) is 0 Å². The van der Waals surface area contributed by atoms with E-state index in [2.05, 4.69) is 26.9 Å². The van der Waals surface area contributed by atoms with Crippen molar-refractivity contribution in [2.75, 3.05) is 32.7 Å². The molecule has 0 saturated carbocycles. The van der Waals surface area contributed by atoms with Crippen LogP contribution in [0.25, 0.3) is 11.4 Å². The molecule has 7 heteroatoms. The number of hydrogen-bond donors (Lipinski definition) is 1. The highest BCUT2D eigenvalue weighted by Crippen LogP contribution is 2.23. The number of aryl methyl sites for hydroxylation is 1. The second-order valence-electron chi connectivity index (χ2n) is 6.28. The van der Waals surface area contributed by atoms with Crippen LogP contribution in [0.5, 0.6) is 0 Å². The number of rotatable bonds is 5. The van der Waals surface area contributed by atoms with Crippen LogP contribution in [-0.4, -0.2) is 58.6 Å². The Morgan fingerprint density at radius 2 is 1.92 bits per heavy atom. The zero-order valence-electron chi connectivity index (χ0n) is 14.1. The molecule has 0 bridgehead atoms. The van der Waals surface area contributed by atoms with Gasteiger partial charge in [0, 0.05) is 31.7 Å². The lowest BCUT2D eigenvalue weighted by atomic mass is 10.1. The fourth-order valence-electron chi connectivity index (χ4n) is 2.91. The minimum atomic E-state index is -0.281. The summed E-state index contributed by atoms with van der Waals surface area (Å²) < 4.78 is 5.47. The Labute approximate surface area is 141 Å². The molecule has 0 radical (unpaired) electrons. The number of carbonyl (C=O) groups excluding carboxylic acids is 1. The third-order valence-electron chi connectivity index (χ3n) is 4.44. The van der Waals surface area contributed by atoms with Gasteiger partial charge < -0.3 is 10.3 Å². The van der Waals surface area contributed by atoms with Crippen LogP contribution in [0.4, 0.5) is 0 Å². The number of aromatic nitrogens is 2. The van der Waals surface area contributed by atoms with E-state index >= 15 is 0 Å². The molecule has 2 aromatic rings. The molecule has 1 fully saturated rings. The van der Waals surface area contributed by atoms with Crippen LogP contribution in [0.1, 0.15) is 24.4 Å². The Balaban J connectivity index is 1.63. The summed E-state index contributed by atoms with van der Waals surface area (Å²) in [6.07, 6.45) is 0. The minimum absolute atomic E-state index is 0.0485. The average Bonchev–Trinajstić information content (AvgIpc) is 3.05. The molecule has 2 N–H and O–H groups in total. The number of carbonyl (C=O) groups is 1. The summed E-state index contributed by atoms with van der Waals surface area (Å²) in [5.74, 6) is 0.953. The molecule has 2 heterocycles. The summed E-state index contributed by atoms with van der Waals surface area (Å²) in [6.45, 7) is 7.74. The summed E-state index contributed by atoms with van der Waals surface area (Å²) in [6, 6.07) is 8.11. The van der Waals surface area contributed by atoms with Gasteiger partial charge in [0.1, 0.15) is 0 Å². The largest absolute Gasteiger partial charge is 0.369 e. The first-order chi connectivity index (χ1) is 11.5. The number of piperazine rings is 1. The SMILES string of the molecule is Cc1ccc(-c2noc(C(C)N3CCN(CC(N)=O)CC3)n2)cc1. The topological polar surface area (TPSA) is 88.5 Å². The van der Waals surface area contributed by atoms with Crippen molar-refractivity contribution >= 4 is 5.91 Å². The summed E-state index contributed by atoms with van der Waals surface area (Å²) in [5, 5.41) is 4.10. The molecule has 1 aliphatic heterocycles. The first-order valence-electron chi connectivity index (χ1n) is 8.18. The molecular weight excluding hydrogens is 306 g/mol. The van der Waals surface area contributed by atoms with Gasteiger partial charge >= 0.3 is 0 Å². The molecule has 1 amide bonds. The molecule has 128 valence electrons. The van der Waals surface area contributed by atoms with E-state index in [0.717, 1.165) is 31.7 Å². The van der Waals surface area contributed by atoms with Crippen molar-refractivity contribution in [2.45, 2.75) is 19.9 Å². The second-order valence-corrected chi connectivity index (χ2v) is 6.28. The maximum absolute atomic E-state index is 11.0. The van der Waals surface area contributed by atoms with Crippen molar-refractivity contribution in [3.8, 4) is 11.4 Å². The van der Waals surface area contributed by atoms with Crippen LogP contribution >= 0.6 is 0 Å². The van der Waals surface area contributed by atoms with Gasteiger partial charge in [-0.25, -0.2) is 0 Å². The lowest BCUT2D eigenvalue weighted by Crippen LogP contribution is -2.49. The van der Waals surface area contributed by atoms with Crippen molar-refractivity contribution in [3.63, 3.8) is 0 Å². The van der Waals surface area contributed by atoms with E-state index < -0.39 is 0 Å². The van der Waals surface area contributed by atoms with Crippen molar-refractivity contribution in [1.29, 1.82) is 0 Å². The monoisotopic (exact) mass is 329 g/mol. The van der Waals surface area contributed by atoms with E-state index in [-0.39, 0.29) is 11.9 Å². The molecule has 1 saturated heterocycles. The highest BCUT2D eigenvalue weighted by atomic mass is 16.5. The highest BCUT2D eigenvalue weighted by Gasteiger charge is 2.26. The number of amides is 1. The fraction of sp³-hybridized carbons (Fsp3) is 0.471. The smallest absolute Gasteiger partial charge is 0.244 e. The molecule has 24 heavy (non-hydrogen) atoms. The first kappa shape index (κ1) is 16.6. The average molecular weight is 329 g/mol. The van der Waals surface area contributed by atoms with Crippen molar-refractivity contribution in [2.24, 2.45) is 5.73 Å². The predicted octanol–water partition coefficient (Wildman–Crippen LogP) is 1.21. The Bertz CT molecular complexity index is 689. The second kappa shape index (κ2) is 7.11. The Morgan fingerprint density at radius 1 is 1.25 bits per heavy atom. The van der Waals surface area contributed by atoms with Gasteiger partial charge in [0.05, 0.1) is 12.6 Å². The maximum Gasteiger partial charge on any atom is 0.244 e. The highest BCUT2D eigenvalue weighted by molar-refractivity contribution is 5.75. The van der Waals surface area contributed by atoms with Crippen LogP contribution in [0.2, 0.25) is 0 Å². The van der Waals surface area contributed by atoms with Gasteiger partial charge in [0.2, 0.25) is 17.6 Å². The molecule has 1 aliphatic rings. The van der Waals surface area contributed by atoms with Crippen LogP contribution in [0, 0.1) is 6.92 Å². The summed E-state index contributed by atoms with van der Waals surface area (Å²) in [7, 11) is 0. The molecule has 1 unspecified atom stereocenters. The van der Waals surface area contributed by atoms with Gasteiger partial charge in [-0.2, -0.15) is 4.98 Å². The van der Waals surface area contributed by atoms with Gasteiger partial charge in [-0.1, -0.05) is 35.0 Å². The molecule has 0 spiro atoms. The fourth-order valence-corrected chi connectivity index (χ4v) is 2.91. The van der Waals surface area contributed by atoms with E-state index in [1.54, 1.807) is 0 Å². The lowest BCUT2D eigenvalue weighted by Gasteiger charge is -2.36. The van der Waals surface area contributed by atoms with E-state index in [1.807, 2.05) is 31.2 Å². The van der Waals surface area contributed by atoms with Crippen LogP contribution in [-0.2, 0) is 4.79 Å². The molecule has 1 aromatic heterocycles. The molecule has 1 atom stereocenters. The van der Waals surface area contributed by atoms with Crippen molar-refractivity contribution in [3.05, 3.63) is 35.7 Å². The lowest BCUT2D eigenvalue weighted by molar-refractivity contribution is -0.119. The van der Waals surface area contributed by atoms with Gasteiger partial charge in [-0.15, -0.1) is 0 Å². The zero-order chi connectivity index (χ0) is 17.1. The number of benzene rings is 1. The number of hydrogen-bond acceptors (Lipinski definition) is 6. The van der Waals surface area contributed by atoms with E-state index in [1.165, 1.54) is 5.56 Å². The predicted molar refractivity (Wildman–Crippen MR) is 90.1 cm³/mol. The molecule has 1 aromatic carbocycles. The third-order valence-corrected chi connectivity index (χ3v) is 4.44. The maximum atomic E-state index is 11.0. The summed E-state index contributed by atoms with van der Waals surface area (Å²) in [5.41, 5.74) is 7.40. The van der Waals surface area contributed by atoms with Crippen LogP contribution in [0.3, 0.4) is 0 Å². The molecule has 7 nitrogen and oxygen atoms in total. The number of primary amides is 1. The molecule has 3 rings (SSSR count). The van der Waals surface area contributed by atoms with E-state index in [4.69, 9.17) is 10.3 Å². The van der Waals surface area contributed by atoms with E-state index in [9.17, 15) is 4.79 Å². The van der Waals surface area contributed by atoms with Crippen molar-refractivity contribution < 1.29 is 9.32 Å². The summed E-state index contributed by atoms with van der Waals surface area (Å²) in [4.78, 5) is 19.9. The van der Waals surface area contributed by atoms with Crippen molar-refractivity contribution in [1.82, 2.24) is 19.9 Å². The zero-order valence-corrected chi connectivity index (χ0v) is 14.1. The third kappa shape index (κ3) is 3.80. The standard InChI is InChI=1S/C17H23N5O2/c1-12-3-5-14(6-4-12)16-19-17(24-20-16)13(2)22-9-7-21(8-10-22)11-15(18)23/h3-6,13H,7-11H2,1-2H3,(H2,18,23). The molecular formula is C17H23N5O2. The van der Waals surface area contributed by atoms with Crippen LogP contribution in [0.15, 0.2) is 28.8 Å². The quantitative estimate of drug-likeness (QED) is 0.887. The Kier molecular flexibility index (Phi) is 4.92. The Hall–Kier alpha value is -2.25. The van der Waals surface area contributed by atoms with Gasteiger partial charge in [-0.05, 0) is 13.8 Å². The first-order valence-corrected chi connectivity index (χ1v) is 8.18. The number of nitrogens with two attached hydrogens (primary N) is 1.